The van der Waals surface area contributed by atoms with Gasteiger partial charge in [0, 0.05) is 12.6 Å². The Morgan fingerprint density at radius 3 is 2.72 bits per heavy atom. The Labute approximate surface area is 111 Å². The fourth-order valence-electron chi connectivity index (χ4n) is 1.52. The summed E-state index contributed by atoms with van der Waals surface area (Å²) in [6.45, 7) is 3.07. The average Bonchev–Trinajstić information content (AvgIpc) is 2.43. The summed E-state index contributed by atoms with van der Waals surface area (Å²) < 4.78 is 11.0. The molecule has 6 heteroatoms. The Kier molecular flexibility index (Phi) is 3.99. The quantitative estimate of drug-likeness (QED) is 0.479. The van der Waals surface area contributed by atoms with Crippen LogP contribution >= 0.6 is 12.2 Å². The Bertz CT molecular complexity index is 488. The standard InChI is InChI=1S/C12H15N3O2S/c1-8(14-15-12(18)13-2)9-3-4-10-11(7-9)17-6-5-16-10/h3-4,7H,5-6H2,1-2H3,(H2,13,15,18)/b14-8-. The molecule has 96 valence electrons. The Balaban J connectivity index is 2.15. The van der Waals surface area contributed by atoms with Crippen molar-refractivity contribution in [3.8, 4) is 11.5 Å². The van der Waals surface area contributed by atoms with Gasteiger partial charge in [0.15, 0.2) is 16.6 Å². The van der Waals surface area contributed by atoms with Gasteiger partial charge in [-0.15, -0.1) is 0 Å². The van der Waals surface area contributed by atoms with Gasteiger partial charge in [0.2, 0.25) is 0 Å². The van der Waals surface area contributed by atoms with Crippen molar-refractivity contribution >= 4 is 23.0 Å². The first kappa shape index (κ1) is 12.6. The number of nitrogens with zero attached hydrogens (tertiary/aromatic N) is 1. The molecule has 0 bridgehead atoms. The first-order chi connectivity index (χ1) is 8.70. The van der Waals surface area contributed by atoms with Crippen molar-refractivity contribution in [1.29, 1.82) is 0 Å². The van der Waals surface area contributed by atoms with Crippen LogP contribution in [0.1, 0.15) is 12.5 Å². The van der Waals surface area contributed by atoms with Crippen LogP contribution in [0, 0.1) is 0 Å². The molecule has 2 N–H and O–H groups in total. The van der Waals surface area contributed by atoms with E-state index in [1.807, 2.05) is 25.1 Å². The van der Waals surface area contributed by atoms with E-state index in [1.54, 1.807) is 7.05 Å². The highest BCUT2D eigenvalue weighted by molar-refractivity contribution is 7.80. The lowest BCUT2D eigenvalue weighted by molar-refractivity contribution is 0.171. The second kappa shape index (κ2) is 5.68. The van der Waals surface area contributed by atoms with Crippen molar-refractivity contribution in [1.82, 2.24) is 10.7 Å². The number of benzene rings is 1. The normalized spacial score (nSPS) is 14.0. The van der Waals surface area contributed by atoms with Gasteiger partial charge in [-0.25, -0.2) is 0 Å². The summed E-state index contributed by atoms with van der Waals surface area (Å²) >= 11 is 4.95. The van der Waals surface area contributed by atoms with Crippen LogP contribution in [0.25, 0.3) is 0 Å². The summed E-state index contributed by atoms with van der Waals surface area (Å²) in [4.78, 5) is 0. The first-order valence-corrected chi connectivity index (χ1v) is 6.03. The number of rotatable bonds is 2. The summed E-state index contributed by atoms with van der Waals surface area (Å²) in [7, 11) is 1.74. The zero-order chi connectivity index (χ0) is 13.0. The van der Waals surface area contributed by atoms with Crippen LogP contribution < -0.4 is 20.2 Å². The minimum absolute atomic E-state index is 0.479. The van der Waals surface area contributed by atoms with Crippen LogP contribution in [-0.4, -0.2) is 31.1 Å². The van der Waals surface area contributed by atoms with E-state index in [1.165, 1.54) is 0 Å². The van der Waals surface area contributed by atoms with E-state index in [4.69, 9.17) is 21.7 Å². The van der Waals surface area contributed by atoms with E-state index in [0.717, 1.165) is 22.8 Å². The van der Waals surface area contributed by atoms with E-state index >= 15 is 0 Å². The van der Waals surface area contributed by atoms with Gasteiger partial charge in [-0.1, -0.05) is 0 Å². The zero-order valence-corrected chi connectivity index (χ0v) is 11.1. The Hall–Kier alpha value is -1.82. The number of fused-ring (bicyclic) bond motifs is 1. The van der Waals surface area contributed by atoms with Gasteiger partial charge in [0.1, 0.15) is 13.2 Å². The van der Waals surface area contributed by atoms with Crippen LogP contribution in [0.15, 0.2) is 23.3 Å². The Morgan fingerprint density at radius 1 is 1.28 bits per heavy atom. The highest BCUT2D eigenvalue weighted by atomic mass is 32.1. The molecule has 1 heterocycles. The molecule has 0 aliphatic carbocycles. The molecule has 0 atom stereocenters. The van der Waals surface area contributed by atoms with E-state index < -0.39 is 0 Å². The van der Waals surface area contributed by atoms with Gasteiger partial charge in [-0.3, -0.25) is 5.43 Å². The zero-order valence-electron chi connectivity index (χ0n) is 10.3. The number of hydrogen-bond donors (Lipinski definition) is 2. The number of hydrazone groups is 1. The molecule has 0 unspecified atom stereocenters. The Morgan fingerprint density at radius 2 is 2.00 bits per heavy atom. The van der Waals surface area contributed by atoms with Gasteiger partial charge in [0.05, 0.1) is 5.71 Å². The van der Waals surface area contributed by atoms with E-state index in [9.17, 15) is 0 Å². The van der Waals surface area contributed by atoms with Crippen molar-refractivity contribution < 1.29 is 9.47 Å². The monoisotopic (exact) mass is 265 g/mol. The van der Waals surface area contributed by atoms with Crippen LogP contribution in [0.4, 0.5) is 0 Å². The van der Waals surface area contributed by atoms with Crippen LogP contribution in [0.3, 0.4) is 0 Å². The summed E-state index contributed by atoms with van der Waals surface area (Å²) in [5, 5.41) is 7.45. The van der Waals surface area contributed by atoms with Crippen LogP contribution in [0.5, 0.6) is 11.5 Å². The highest BCUT2D eigenvalue weighted by Crippen LogP contribution is 2.30. The molecule has 0 radical (unpaired) electrons. The minimum atomic E-state index is 0.479. The fraction of sp³-hybridized carbons (Fsp3) is 0.333. The van der Waals surface area contributed by atoms with Crippen molar-refractivity contribution in [2.45, 2.75) is 6.92 Å². The van der Waals surface area contributed by atoms with Gasteiger partial charge in [0.25, 0.3) is 0 Å². The molecule has 0 amide bonds. The third-order valence-electron chi connectivity index (χ3n) is 2.51. The molecule has 5 nitrogen and oxygen atoms in total. The summed E-state index contributed by atoms with van der Waals surface area (Å²) in [5.74, 6) is 1.53. The summed E-state index contributed by atoms with van der Waals surface area (Å²) in [6, 6.07) is 5.74. The molecule has 2 rings (SSSR count). The maximum Gasteiger partial charge on any atom is 0.186 e. The topological polar surface area (TPSA) is 54.9 Å². The molecule has 0 fully saturated rings. The van der Waals surface area contributed by atoms with Crippen molar-refractivity contribution in [2.75, 3.05) is 20.3 Å². The molecule has 0 saturated heterocycles. The lowest BCUT2D eigenvalue weighted by Gasteiger charge is -2.18. The predicted molar refractivity (Wildman–Crippen MR) is 74.4 cm³/mol. The number of nitrogens with one attached hydrogen (secondary N) is 2. The molecule has 18 heavy (non-hydrogen) atoms. The number of ether oxygens (including phenoxy) is 2. The van der Waals surface area contributed by atoms with E-state index in [-0.39, 0.29) is 0 Å². The maximum absolute atomic E-state index is 5.52. The van der Waals surface area contributed by atoms with Gasteiger partial charge >= 0.3 is 0 Å². The average molecular weight is 265 g/mol. The van der Waals surface area contributed by atoms with Crippen molar-refractivity contribution in [2.24, 2.45) is 5.10 Å². The largest absolute Gasteiger partial charge is 0.486 e. The summed E-state index contributed by atoms with van der Waals surface area (Å²) in [5.41, 5.74) is 4.53. The van der Waals surface area contributed by atoms with E-state index in [0.29, 0.717) is 18.3 Å². The minimum Gasteiger partial charge on any atom is -0.486 e. The molecule has 1 aromatic carbocycles. The maximum atomic E-state index is 5.52. The fourth-order valence-corrected chi connectivity index (χ4v) is 1.57. The molecule has 1 aliphatic heterocycles. The molecule has 0 saturated carbocycles. The van der Waals surface area contributed by atoms with Crippen LogP contribution in [-0.2, 0) is 0 Å². The highest BCUT2D eigenvalue weighted by Gasteiger charge is 2.12. The number of hydrogen-bond acceptors (Lipinski definition) is 4. The van der Waals surface area contributed by atoms with Gasteiger partial charge < -0.3 is 14.8 Å². The SMILES string of the molecule is CNC(=S)N/N=C(/C)c1ccc2c(c1)OCCO2. The molecular weight excluding hydrogens is 250 g/mol. The van der Waals surface area contributed by atoms with Crippen LogP contribution in [0.2, 0.25) is 0 Å². The third kappa shape index (κ3) is 2.89. The number of thiocarbonyl (C=S) groups is 1. The summed E-state index contributed by atoms with van der Waals surface area (Å²) in [6.07, 6.45) is 0. The first-order valence-electron chi connectivity index (χ1n) is 5.62. The smallest absolute Gasteiger partial charge is 0.186 e. The predicted octanol–water partition coefficient (Wildman–Crippen LogP) is 1.28. The molecule has 1 aromatic rings. The molecule has 0 spiro atoms. The molecule has 1 aliphatic rings. The van der Waals surface area contributed by atoms with Crippen molar-refractivity contribution in [3.63, 3.8) is 0 Å². The second-order valence-electron chi connectivity index (χ2n) is 3.75. The molecular formula is C12H15N3O2S. The van der Waals surface area contributed by atoms with E-state index in [2.05, 4.69) is 15.8 Å². The lowest BCUT2D eigenvalue weighted by Crippen LogP contribution is -2.29. The molecule has 0 aromatic heterocycles. The van der Waals surface area contributed by atoms with Gasteiger partial charge in [-0.05, 0) is 37.3 Å². The second-order valence-corrected chi connectivity index (χ2v) is 4.15. The van der Waals surface area contributed by atoms with Gasteiger partial charge in [-0.2, -0.15) is 5.10 Å². The van der Waals surface area contributed by atoms with Crippen molar-refractivity contribution in [3.05, 3.63) is 23.8 Å². The lowest BCUT2D eigenvalue weighted by atomic mass is 10.1. The third-order valence-corrected chi connectivity index (χ3v) is 2.81.